The van der Waals surface area contributed by atoms with Crippen molar-refractivity contribution in [2.75, 3.05) is 18.9 Å². The van der Waals surface area contributed by atoms with Crippen LogP contribution in [0, 0.1) is 5.92 Å². The van der Waals surface area contributed by atoms with E-state index in [0.717, 1.165) is 28.6 Å². The molecule has 5 heteroatoms. The van der Waals surface area contributed by atoms with Crippen LogP contribution in [-0.2, 0) is 6.54 Å². The second-order valence-electron chi connectivity index (χ2n) is 5.84. The highest BCUT2D eigenvalue weighted by atomic mass is 32.1. The van der Waals surface area contributed by atoms with Gasteiger partial charge in [0.1, 0.15) is 5.01 Å². The molecular weight excluding hydrogens is 256 g/mol. The zero-order valence-corrected chi connectivity index (χ0v) is 13.2. The molecular formula is C14H26N4S. The first kappa shape index (κ1) is 14.7. The molecule has 0 spiro atoms. The van der Waals surface area contributed by atoms with Gasteiger partial charge in [0.2, 0.25) is 5.13 Å². The van der Waals surface area contributed by atoms with Gasteiger partial charge >= 0.3 is 0 Å². The first-order valence-electron chi connectivity index (χ1n) is 7.43. The summed E-state index contributed by atoms with van der Waals surface area (Å²) in [5.74, 6) is 0.770. The number of anilines is 1. The third kappa shape index (κ3) is 4.42. The SMILES string of the molecule is CNc1nnc(CN(CCC(C)C)C2CCCC2)s1. The lowest BCUT2D eigenvalue weighted by molar-refractivity contribution is 0.179. The van der Waals surface area contributed by atoms with Crippen molar-refractivity contribution in [3.05, 3.63) is 5.01 Å². The average molecular weight is 282 g/mol. The van der Waals surface area contributed by atoms with Gasteiger partial charge in [-0.1, -0.05) is 38.0 Å². The first-order valence-corrected chi connectivity index (χ1v) is 8.25. The minimum atomic E-state index is 0.765. The molecule has 1 aromatic heterocycles. The van der Waals surface area contributed by atoms with Gasteiger partial charge in [-0.25, -0.2) is 0 Å². The summed E-state index contributed by atoms with van der Waals surface area (Å²) in [6, 6.07) is 0.765. The van der Waals surface area contributed by atoms with E-state index >= 15 is 0 Å². The smallest absolute Gasteiger partial charge is 0.205 e. The Labute approximate surface area is 120 Å². The van der Waals surface area contributed by atoms with Crippen molar-refractivity contribution < 1.29 is 0 Å². The number of aromatic nitrogens is 2. The van der Waals surface area contributed by atoms with Crippen molar-refractivity contribution in [1.82, 2.24) is 15.1 Å². The van der Waals surface area contributed by atoms with E-state index < -0.39 is 0 Å². The van der Waals surface area contributed by atoms with E-state index in [2.05, 4.69) is 34.3 Å². The van der Waals surface area contributed by atoms with E-state index in [9.17, 15) is 0 Å². The lowest BCUT2D eigenvalue weighted by Gasteiger charge is -2.28. The molecule has 108 valence electrons. The van der Waals surface area contributed by atoms with Gasteiger partial charge in [-0.05, 0) is 31.7 Å². The standard InChI is InChI=1S/C14H26N4S/c1-11(2)8-9-18(12-6-4-5-7-12)10-13-16-17-14(15-3)19-13/h11-12H,4-10H2,1-3H3,(H,15,17). The summed E-state index contributed by atoms with van der Waals surface area (Å²) in [4.78, 5) is 2.63. The summed E-state index contributed by atoms with van der Waals surface area (Å²) in [6.07, 6.45) is 6.77. The molecule has 1 aliphatic rings. The van der Waals surface area contributed by atoms with Crippen molar-refractivity contribution in [2.24, 2.45) is 5.92 Å². The summed E-state index contributed by atoms with van der Waals surface area (Å²) in [6.45, 7) is 6.77. The number of hydrogen-bond donors (Lipinski definition) is 1. The van der Waals surface area contributed by atoms with E-state index in [1.165, 1.54) is 38.6 Å². The van der Waals surface area contributed by atoms with Gasteiger partial charge in [0.15, 0.2) is 0 Å². The van der Waals surface area contributed by atoms with Crippen LogP contribution in [0.25, 0.3) is 0 Å². The Hall–Kier alpha value is -0.680. The Morgan fingerprint density at radius 2 is 2.05 bits per heavy atom. The topological polar surface area (TPSA) is 41.1 Å². The zero-order chi connectivity index (χ0) is 13.7. The van der Waals surface area contributed by atoms with E-state index in [1.54, 1.807) is 11.3 Å². The predicted octanol–water partition coefficient (Wildman–Crippen LogP) is 3.37. The van der Waals surface area contributed by atoms with Crippen LogP contribution in [0.3, 0.4) is 0 Å². The van der Waals surface area contributed by atoms with Crippen LogP contribution in [0.5, 0.6) is 0 Å². The molecule has 1 aliphatic carbocycles. The molecule has 4 nitrogen and oxygen atoms in total. The molecule has 0 saturated heterocycles. The Bertz CT molecular complexity index is 371. The lowest BCUT2D eigenvalue weighted by Crippen LogP contribution is -2.34. The summed E-state index contributed by atoms with van der Waals surface area (Å²) in [5, 5.41) is 13.6. The van der Waals surface area contributed by atoms with Crippen molar-refractivity contribution in [3.8, 4) is 0 Å². The normalized spacial score (nSPS) is 16.7. The monoisotopic (exact) mass is 282 g/mol. The Kier molecular flexibility index (Phi) is 5.58. The molecule has 0 unspecified atom stereocenters. The molecule has 0 aliphatic heterocycles. The molecule has 1 fully saturated rings. The number of rotatable bonds is 7. The highest BCUT2D eigenvalue weighted by molar-refractivity contribution is 7.15. The van der Waals surface area contributed by atoms with Gasteiger partial charge in [0, 0.05) is 13.1 Å². The van der Waals surface area contributed by atoms with Gasteiger partial charge in [0.05, 0.1) is 6.54 Å². The summed E-state index contributed by atoms with van der Waals surface area (Å²) < 4.78 is 0. The predicted molar refractivity (Wildman–Crippen MR) is 81.6 cm³/mol. The summed E-state index contributed by atoms with van der Waals surface area (Å²) in [7, 11) is 1.90. The maximum atomic E-state index is 4.29. The number of hydrogen-bond acceptors (Lipinski definition) is 5. The van der Waals surface area contributed by atoms with E-state index in [1.807, 2.05) is 7.05 Å². The van der Waals surface area contributed by atoms with E-state index in [0.29, 0.717) is 0 Å². The van der Waals surface area contributed by atoms with Crippen LogP contribution in [0.2, 0.25) is 0 Å². The highest BCUT2D eigenvalue weighted by Crippen LogP contribution is 2.26. The van der Waals surface area contributed by atoms with E-state index in [-0.39, 0.29) is 0 Å². The van der Waals surface area contributed by atoms with E-state index in [4.69, 9.17) is 0 Å². The zero-order valence-electron chi connectivity index (χ0n) is 12.4. The summed E-state index contributed by atoms with van der Waals surface area (Å²) >= 11 is 1.68. The van der Waals surface area contributed by atoms with Crippen molar-refractivity contribution in [1.29, 1.82) is 0 Å². The molecule has 1 N–H and O–H groups in total. The van der Waals surface area contributed by atoms with Gasteiger partial charge in [-0.2, -0.15) is 0 Å². The van der Waals surface area contributed by atoms with Crippen LogP contribution in [0.4, 0.5) is 5.13 Å². The fraction of sp³-hybridized carbons (Fsp3) is 0.857. The van der Waals surface area contributed by atoms with Gasteiger partial charge < -0.3 is 5.32 Å². The molecule has 1 aromatic rings. The third-order valence-electron chi connectivity index (χ3n) is 3.85. The van der Waals surface area contributed by atoms with Gasteiger partial charge in [-0.3, -0.25) is 4.90 Å². The van der Waals surface area contributed by atoms with Crippen molar-refractivity contribution >= 4 is 16.5 Å². The fourth-order valence-corrected chi connectivity index (χ4v) is 3.40. The minimum Gasteiger partial charge on any atom is -0.363 e. The van der Waals surface area contributed by atoms with Crippen molar-refractivity contribution in [3.63, 3.8) is 0 Å². The molecule has 0 amide bonds. The molecule has 2 rings (SSSR count). The number of nitrogens with one attached hydrogen (secondary N) is 1. The third-order valence-corrected chi connectivity index (χ3v) is 4.78. The molecule has 19 heavy (non-hydrogen) atoms. The molecule has 1 saturated carbocycles. The second-order valence-corrected chi connectivity index (χ2v) is 6.90. The first-order chi connectivity index (χ1) is 9.19. The molecule has 0 bridgehead atoms. The van der Waals surface area contributed by atoms with Crippen LogP contribution >= 0.6 is 11.3 Å². The number of nitrogens with zero attached hydrogens (tertiary/aromatic N) is 3. The maximum absolute atomic E-state index is 4.29. The Morgan fingerprint density at radius 1 is 1.32 bits per heavy atom. The van der Waals surface area contributed by atoms with Crippen LogP contribution in [0.1, 0.15) is 51.0 Å². The Morgan fingerprint density at radius 3 is 2.63 bits per heavy atom. The maximum Gasteiger partial charge on any atom is 0.205 e. The average Bonchev–Trinajstić information content (AvgIpc) is 3.05. The lowest BCUT2D eigenvalue weighted by atomic mass is 10.1. The Balaban J connectivity index is 1.95. The van der Waals surface area contributed by atoms with Crippen LogP contribution in [0.15, 0.2) is 0 Å². The van der Waals surface area contributed by atoms with Crippen LogP contribution < -0.4 is 5.32 Å². The molecule has 0 radical (unpaired) electrons. The fourth-order valence-electron chi connectivity index (χ4n) is 2.68. The quantitative estimate of drug-likeness (QED) is 0.832. The molecule has 0 atom stereocenters. The van der Waals surface area contributed by atoms with Gasteiger partial charge in [-0.15, -0.1) is 10.2 Å². The molecule has 1 heterocycles. The molecule has 0 aromatic carbocycles. The second kappa shape index (κ2) is 7.20. The largest absolute Gasteiger partial charge is 0.363 e. The van der Waals surface area contributed by atoms with Crippen LogP contribution in [-0.4, -0.2) is 34.7 Å². The van der Waals surface area contributed by atoms with Crippen molar-refractivity contribution in [2.45, 2.75) is 58.5 Å². The summed E-state index contributed by atoms with van der Waals surface area (Å²) in [5.41, 5.74) is 0. The minimum absolute atomic E-state index is 0.765. The highest BCUT2D eigenvalue weighted by Gasteiger charge is 2.23. The van der Waals surface area contributed by atoms with Gasteiger partial charge in [0.25, 0.3) is 0 Å².